The molecular formula is C10H12O4. The highest BCUT2D eigenvalue weighted by atomic mass is 16.5. The molecule has 76 valence electrons. The zero-order chi connectivity index (χ0) is 10.3. The molecule has 4 heteroatoms. The van der Waals surface area contributed by atoms with Crippen LogP contribution in [0.5, 0.6) is 0 Å². The van der Waals surface area contributed by atoms with Crippen LogP contribution in [0.25, 0.3) is 0 Å². The van der Waals surface area contributed by atoms with Crippen LogP contribution in [-0.4, -0.2) is 24.1 Å². The Labute approximate surface area is 81.6 Å². The van der Waals surface area contributed by atoms with Gasteiger partial charge in [-0.3, -0.25) is 9.59 Å². The van der Waals surface area contributed by atoms with Gasteiger partial charge < -0.3 is 4.74 Å². The number of ketones is 2. The third-order valence-electron chi connectivity index (χ3n) is 2.96. The lowest BCUT2D eigenvalue weighted by Gasteiger charge is -2.07. The van der Waals surface area contributed by atoms with Crippen LogP contribution < -0.4 is 0 Å². The first-order valence-electron chi connectivity index (χ1n) is 4.89. The lowest BCUT2D eigenvalue weighted by atomic mass is 9.97. The molecule has 0 aromatic carbocycles. The van der Waals surface area contributed by atoms with Gasteiger partial charge in [0.15, 0.2) is 0 Å². The van der Waals surface area contributed by atoms with Crippen molar-refractivity contribution in [3.8, 4) is 0 Å². The SMILES string of the molecule is CCOC(=O)C(=O)C1CC2CC2C1=O. The molecule has 14 heavy (non-hydrogen) atoms. The number of carbonyl (C=O) groups is 3. The zero-order valence-electron chi connectivity index (χ0n) is 7.99. The van der Waals surface area contributed by atoms with Crippen molar-refractivity contribution in [3.05, 3.63) is 0 Å². The van der Waals surface area contributed by atoms with Gasteiger partial charge in [0.25, 0.3) is 0 Å². The highest BCUT2D eigenvalue weighted by molar-refractivity contribution is 6.39. The van der Waals surface area contributed by atoms with E-state index >= 15 is 0 Å². The maximum absolute atomic E-state index is 11.5. The monoisotopic (exact) mass is 196 g/mol. The van der Waals surface area contributed by atoms with Gasteiger partial charge in [0.2, 0.25) is 5.78 Å². The fourth-order valence-corrected chi connectivity index (χ4v) is 2.11. The molecule has 0 spiro atoms. The largest absolute Gasteiger partial charge is 0.460 e. The molecule has 2 aliphatic rings. The van der Waals surface area contributed by atoms with Crippen molar-refractivity contribution in [1.29, 1.82) is 0 Å². The van der Waals surface area contributed by atoms with Gasteiger partial charge in [-0.2, -0.15) is 0 Å². The lowest BCUT2D eigenvalue weighted by Crippen LogP contribution is -2.30. The number of Topliss-reactive ketones (excluding diaryl/α,β-unsaturated/α-hetero) is 2. The summed E-state index contributed by atoms with van der Waals surface area (Å²) in [6, 6.07) is 0. The predicted octanol–water partition coefficient (Wildman–Crippen LogP) is 0.344. The van der Waals surface area contributed by atoms with E-state index in [2.05, 4.69) is 4.74 Å². The molecule has 0 aromatic rings. The Morgan fingerprint density at radius 3 is 2.64 bits per heavy atom. The van der Waals surface area contributed by atoms with Gasteiger partial charge in [0.05, 0.1) is 12.5 Å². The van der Waals surface area contributed by atoms with Crippen molar-refractivity contribution in [3.63, 3.8) is 0 Å². The summed E-state index contributed by atoms with van der Waals surface area (Å²) >= 11 is 0. The Morgan fingerprint density at radius 1 is 1.43 bits per heavy atom. The fraction of sp³-hybridized carbons (Fsp3) is 0.700. The molecule has 0 amide bonds. The van der Waals surface area contributed by atoms with Crippen molar-refractivity contribution in [1.82, 2.24) is 0 Å². The van der Waals surface area contributed by atoms with E-state index in [1.165, 1.54) is 0 Å². The second-order valence-electron chi connectivity index (χ2n) is 3.88. The van der Waals surface area contributed by atoms with Gasteiger partial charge in [-0.25, -0.2) is 4.79 Å². The summed E-state index contributed by atoms with van der Waals surface area (Å²) in [4.78, 5) is 34.0. The molecule has 2 fully saturated rings. The maximum Gasteiger partial charge on any atom is 0.375 e. The summed E-state index contributed by atoms with van der Waals surface area (Å²) in [6.45, 7) is 1.82. The zero-order valence-corrected chi connectivity index (χ0v) is 7.99. The Hall–Kier alpha value is -1.19. The standard InChI is InChI=1S/C10H12O4/c1-2-14-10(13)9(12)7-4-5-3-6(5)8(7)11/h5-7H,2-4H2,1H3. The van der Waals surface area contributed by atoms with Gasteiger partial charge >= 0.3 is 5.97 Å². The molecular weight excluding hydrogens is 184 g/mol. The molecule has 0 heterocycles. The number of hydrogen-bond donors (Lipinski definition) is 0. The molecule has 0 saturated heterocycles. The third-order valence-corrected chi connectivity index (χ3v) is 2.96. The average Bonchev–Trinajstić information content (AvgIpc) is 2.86. The molecule has 3 atom stereocenters. The minimum Gasteiger partial charge on any atom is -0.460 e. The Balaban J connectivity index is 1.99. The Bertz CT molecular complexity index is 307. The normalized spacial score (nSPS) is 33.8. The van der Waals surface area contributed by atoms with Gasteiger partial charge in [-0.1, -0.05) is 0 Å². The van der Waals surface area contributed by atoms with Crippen molar-refractivity contribution < 1.29 is 19.1 Å². The molecule has 0 aliphatic heterocycles. The van der Waals surface area contributed by atoms with E-state index in [-0.39, 0.29) is 18.3 Å². The second-order valence-corrected chi connectivity index (χ2v) is 3.88. The van der Waals surface area contributed by atoms with Crippen molar-refractivity contribution in [2.45, 2.75) is 19.8 Å². The molecule has 0 aromatic heterocycles. The molecule has 0 N–H and O–H groups in total. The molecule has 2 rings (SSSR count). The summed E-state index contributed by atoms with van der Waals surface area (Å²) in [5.74, 6) is -1.81. The predicted molar refractivity (Wildman–Crippen MR) is 46.4 cm³/mol. The Morgan fingerprint density at radius 2 is 2.14 bits per heavy atom. The maximum atomic E-state index is 11.5. The van der Waals surface area contributed by atoms with Crippen molar-refractivity contribution in [2.75, 3.05) is 6.61 Å². The number of fused-ring (bicyclic) bond motifs is 1. The van der Waals surface area contributed by atoms with Gasteiger partial charge in [0, 0.05) is 5.92 Å². The smallest absolute Gasteiger partial charge is 0.375 e. The van der Waals surface area contributed by atoms with E-state index in [1.807, 2.05) is 0 Å². The van der Waals surface area contributed by atoms with Crippen molar-refractivity contribution >= 4 is 17.5 Å². The minimum atomic E-state index is -0.854. The van der Waals surface area contributed by atoms with Crippen LogP contribution in [0.4, 0.5) is 0 Å². The summed E-state index contributed by atoms with van der Waals surface area (Å²) in [6.07, 6.45) is 1.46. The van der Waals surface area contributed by atoms with E-state index in [4.69, 9.17) is 0 Å². The molecule has 4 nitrogen and oxygen atoms in total. The summed E-state index contributed by atoms with van der Waals surface area (Å²) in [5.41, 5.74) is 0. The topological polar surface area (TPSA) is 60.4 Å². The third kappa shape index (κ3) is 1.35. The highest BCUT2D eigenvalue weighted by Gasteiger charge is 2.56. The van der Waals surface area contributed by atoms with Crippen LogP contribution in [0.1, 0.15) is 19.8 Å². The number of rotatable bonds is 3. The van der Waals surface area contributed by atoms with Crippen LogP contribution in [0, 0.1) is 17.8 Å². The number of carbonyl (C=O) groups excluding carboxylic acids is 3. The van der Waals surface area contributed by atoms with Crippen molar-refractivity contribution in [2.24, 2.45) is 17.8 Å². The molecule has 2 aliphatic carbocycles. The summed E-state index contributed by atoms with van der Waals surface area (Å²) < 4.78 is 4.57. The highest BCUT2D eigenvalue weighted by Crippen LogP contribution is 2.52. The second kappa shape index (κ2) is 3.19. The van der Waals surface area contributed by atoms with Crippen LogP contribution in [0.3, 0.4) is 0 Å². The van der Waals surface area contributed by atoms with E-state index < -0.39 is 17.7 Å². The van der Waals surface area contributed by atoms with E-state index in [9.17, 15) is 14.4 Å². The first-order chi connectivity index (χ1) is 6.65. The fourth-order valence-electron chi connectivity index (χ4n) is 2.11. The first-order valence-corrected chi connectivity index (χ1v) is 4.89. The number of hydrogen-bond acceptors (Lipinski definition) is 4. The van der Waals surface area contributed by atoms with Gasteiger partial charge in [-0.15, -0.1) is 0 Å². The molecule has 2 saturated carbocycles. The quantitative estimate of drug-likeness (QED) is 0.371. The van der Waals surface area contributed by atoms with Gasteiger partial charge in [0.1, 0.15) is 5.78 Å². The van der Waals surface area contributed by atoms with Crippen LogP contribution in [0.15, 0.2) is 0 Å². The van der Waals surface area contributed by atoms with Gasteiger partial charge in [-0.05, 0) is 25.7 Å². The lowest BCUT2D eigenvalue weighted by molar-refractivity contribution is -0.156. The first kappa shape index (κ1) is 9.37. The van der Waals surface area contributed by atoms with E-state index in [0.29, 0.717) is 12.3 Å². The number of ether oxygens (including phenoxy) is 1. The minimum absolute atomic E-state index is 0.0481. The molecule has 0 radical (unpaired) electrons. The van der Waals surface area contributed by atoms with Crippen LogP contribution >= 0.6 is 0 Å². The Kier molecular flexibility index (Phi) is 2.13. The van der Waals surface area contributed by atoms with Crippen LogP contribution in [0.2, 0.25) is 0 Å². The average molecular weight is 196 g/mol. The molecule has 3 unspecified atom stereocenters. The number of esters is 1. The van der Waals surface area contributed by atoms with E-state index in [1.54, 1.807) is 6.92 Å². The van der Waals surface area contributed by atoms with Crippen LogP contribution in [-0.2, 0) is 19.1 Å². The van der Waals surface area contributed by atoms with E-state index in [0.717, 1.165) is 6.42 Å². The summed E-state index contributed by atoms with van der Waals surface area (Å²) in [7, 11) is 0. The molecule has 0 bridgehead atoms. The summed E-state index contributed by atoms with van der Waals surface area (Å²) in [5, 5.41) is 0.